The highest BCUT2D eigenvalue weighted by Crippen LogP contribution is 2.21. The second-order valence-corrected chi connectivity index (χ2v) is 6.75. The van der Waals surface area contributed by atoms with Crippen LogP contribution in [0.25, 0.3) is 22.3 Å². The maximum Gasteiger partial charge on any atom is 0.282 e. The Morgan fingerprint density at radius 1 is 1.04 bits per heavy atom. The van der Waals surface area contributed by atoms with E-state index in [0.717, 1.165) is 11.1 Å². The van der Waals surface area contributed by atoms with E-state index in [2.05, 4.69) is 10.1 Å². The second kappa shape index (κ2) is 7.29. The molecule has 1 aromatic heterocycles. The summed E-state index contributed by atoms with van der Waals surface area (Å²) in [4.78, 5) is 17.8. The Kier molecular flexibility index (Phi) is 4.67. The molecule has 5 nitrogen and oxygen atoms in total. The standard InChI is InChI=1S/C22H16ClN3O2/c1-14(15-7-10-18(27)11-8-15)25-26-21(16-5-3-2-4-6-16)24-20-13-17(23)9-12-19(20)22(26)28/h2-13,27H,1H3/b25-14+. The first-order valence-corrected chi connectivity index (χ1v) is 9.03. The van der Waals surface area contributed by atoms with Gasteiger partial charge in [0.15, 0.2) is 5.82 Å². The van der Waals surface area contributed by atoms with Crippen LogP contribution in [0.5, 0.6) is 5.75 Å². The van der Waals surface area contributed by atoms with E-state index in [4.69, 9.17) is 11.6 Å². The van der Waals surface area contributed by atoms with Crippen LogP contribution >= 0.6 is 11.6 Å². The van der Waals surface area contributed by atoms with Gasteiger partial charge in [-0.3, -0.25) is 4.79 Å². The van der Waals surface area contributed by atoms with E-state index < -0.39 is 0 Å². The lowest BCUT2D eigenvalue weighted by atomic mass is 10.1. The minimum Gasteiger partial charge on any atom is -0.508 e. The third-order valence-corrected chi connectivity index (χ3v) is 4.61. The van der Waals surface area contributed by atoms with E-state index in [1.807, 2.05) is 30.3 Å². The summed E-state index contributed by atoms with van der Waals surface area (Å²) >= 11 is 6.09. The number of halogens is 1. The van der Waals surface area contributed by atoms with Crippen molar-refractivity contribution in [3.63, 3.8) is 0 Å². The molecule has 1 heterocycles. The quantitative estimate of drug-likeness (QED) is 0.516. The summed E-state index contributed by atoms with van der Waals surface area (Å²) in [5.41, 5.74) is 2.42. The zero-order valence-electron chi connectivity index (χ0n) is 15.0. The molecule has 0 unspecified atom stereocenters. The zero-order valence-corrected chi connectivity index (χ0v) is 15.8. The van der Waals surface area contributed by atoms with Crippen LogP contribution in [0.1, 0.15) is 12.5 Å². The van der Waals surface area contributed by atoms with Crippen molar-refractivity contribution in [2.45, 2.75) is 6.92 Å². The fourth-order valence-electron chi connectivity index (χ4n) is 2.93. The van der Waals surface area contributed by atoms with Crippen molar-refractivity contribution >= 4 is 28.2 Å². The highest BCUT2D eigenvalue weighted by atomic mass is 35.5. The topological polar surface area (TPSA) is 67.5 Å². The number of hydrogen-bond donors (Lipinski definition) is 1. The number of benzene rings is 3. The lowest BCUT2D eigenvalue weighted by Gasteiger charge is -2.11. The second-order valence-electron chi connectivity index (χ2n) is 6.31. The number of fused-ring (bicyclic) bond motifs is 1. The van der Waals surface area contributed by atoms with Crippen molar-refractivity contribution in [2.75, 3.05) is 0 Å². The molecule has 4 rings (SSSR count). The number of aromatic nitrogens is 2. The summed E-state index contributed by atoms with van der Waals surface area (Å²) in [6.45, 7) is 1.81. The van der Waals surface area contributed by atoms with Crippen molar-refractivity contribution in [2.24, 2.45) is 5.10 Å². The molecule has 0 radical (unpaired) electrons. The van der Waals surface area contributed by atoms with Crippen LogP contribution in [0.4, 0.5) is 0 Å². The zero-order chi connectivity index (χ0) is 19.7. The summed E-state index contributed by atoms with van der Waals surface area (Å²) in [6, 6.07) is 21.0. The fraction of sp³-hybridized carbons (Fsp3) is 0.0455. The number of phenolic OH excluding ortho intramolecular Hbond substituents is 1. The van der Waals surface area contributed by atoms with Crippen molar-refractivity contribution in [3.05, 3.63) is 93.7 Å². The molecule has 138 valence electrons. The van der Waals surface area contributed by atoms with E-state index in [0.29, 0.717) is 27.5 Å². The molecule has 0 bridgehead atoms. The summed E-state index contributed by atoms with van der Waals surface area (Å²) in [6.07, 6.45) is 0. The number of rotatable bonds is 3. The maximum atomic E-state index is 13.2. The molecule has 6 heteroatoms. The van der Waals surface area contributed by atoms with Crippen LogP contribution < -0.4 is 5.56 Å². The molecule has 0 amide bonds. The predicted octanol–water partition coefficient (Wildman–Crippen LogP) is 4.69. The third kappa shape index (κ3) is 3.40. The van der Waals surface area contributed by atoms with E-state index in [1.165, 1.54) is 4.68 Å². The molecule has 0 fully saturated rings. The average Bonchev–Trinajstić information content (AvgIpc) is 2.71. The van der Waals surface area contributed by atoms with Gasteiger partial charge in [0.25, 0.3) is 5.56 Å². The molecule has 4 aromatic rings. The SMILES string of the molecule is C/C(=N\n1c(-c2ccccc2)nc2cc(Cl)ccc2c1=O)c1ccc(O)cc1. The Morgan fingerprint density at radius 3 is 2.46 bits per heavy atom. The molecule has 0 spiro atoms. The van der Waals surface area contributed by atoms with E-state index >= 15 is 0 Å². The molecule has 1 N–H and O–H groups in total. The van der Waals surface area contributed by atoms with Gasteiger partial charge in [-0.1, -0.05) is 41.9 Å². The van der Waals surface area contributed by atoms with Gasteiger partial charge in [-0.25, -0.2) is 4.98 Å². The smallest absolute Gasteiger partial charge is 0.282 e. The lowest BCUT2D eigenvalue weighted by Crippen LogP contribution is -2.21. The maximum absolute atomic E-state index is 13.2. The van der Waals surface area contributed by atoms with E-state index in [-0.39, 0.29) is 11.3 Å². The third-order valence-electron chi connectivity index (χ3n) is 4.38. The minimum atomic E-state index is -0.279. The monoisotopic (exact) mass is 389 g/mol. The minimum absolute atomic E-state index is 0.169. The van der Waals surface area contributed by atoms with Gasteiger partial charge in [-0.05, 0) is 55.0 Å². The number of nitrogens with zero attached hydrogens (tertiary/aromatic N) is 3. The fourth-order valence-corrected chi connectivity index (χ4v) is 3.09. The first-order chi connectivity index (χ1) is 13.5. The Balaban J connectivity index is 1.99. The molecular formula is C22H16ClN3O2. The number of aromatic hydroxyl groups is 1. The predicted molar refractivity (Wildman–Crippen MR) is 112 cm³/mol. The summed E-state index contributed by atoms with van der Waals surface area (Å²) in [7, 11) is 0. The molecule has 3 aromatic carbocycles. The van der Waals surface area contributed by atoms with Crippen molar-refractivity contribution in [1.82, 2.24) is 9.66 Å². The van der Waals surface area contributed by atoms with Crippen LogP contribution in [0.3, 0.4) is 0 Å². The van der Waals surface area contributed by atoms with Crippen LogP contribution in [-0.4, -0.2) is 20.5 Å². The van der Waals surface area contributed by atoms with Crippen LogP contribution in [0.2, 0.25) is 5.02 Å². The molecule has 0 aliphatic rings. The first-order valence-electron chi connectivity index (χ1n) is 8.65. The van der Waals surface area contributed by atoms with E-state index in [1.54, 1.807) is 49.4 Å². The largest absolute Gasteiger partial charge is 0.508 e. The van der Waals surface area contributed by atoms with Gasteiger partial charge in [0.2, 0.25) is 0 Å². The molecule has 0 aliphatic heterocycles. The highest BCUT2D eigenvalue weighted by molar-refractivity contribution is 6.31. The summed E-state index contributed by atoms with van der Waals surface area (Å²) in [5, 5.41) is 15.0. The van der Waals surface area contributed by atoms with Crippen molar-refractivity contribution in [3.8, 4) is 17.1 Å². The van der Waals surface area contributed by atoms with Gasteiger partial charge in [-0.2, -0.15) is 9.78 Å². The summed E-state index contributed by atoms with van der Waals surface area (Å²) < 4.78 is 1.31. The van der Waals surface area contributed by atoms with Gasteiger partial charge >= 0.3 is 0 Å². The van der Waals surface area contributed by atoms with Crippen molar-refractivity contribution in [1.29, 1.82) is 0 Å². The molecule has 0 atom stereocenters. The first kappa shape index (κ1) is 17.9. The number of phenols is 1. The van der Waals surface area contributed by atoms with Crippen LogP contribution in [0, 0.1) is 0 Å². The Morgan fingerprint density at radius 2 is 1.75 bits per heavy atom. The van der Waals surface area contributed by atoms with Gasteiger partial charge in [-0.15, -0.1) is 0 Å². The lowest BCUT2D eigenvalue weighted by molar-refractivity contribution is 0.475. The Labute approximate surface area is 166 Å². The molecule has 28 heavy (non-hydrogen) atoms. The molecular weight excluding hydrogens is 374 g/mol. The molecule has 0 saturated heterocycles. The van der Waals surface area contributed by atoms with Crippen LogP contribution in [-0.2, 0) is 0 Å². The van der Waals surface area contributed by atoms with Gasteiger partial charge in [0, 0.05) is 10.6 Å². The summed E-state index contributed by atoms with van der Waals surface area (Å²) in [5.74, 6) is 0.599. The van der Waals surface area contributed by atoms with Gasteiger partial charge < -0.3 is 5.11 Å². The molecule has 0 aliphatic carbocycles. The highest BCUT2D eigenvalue weighted by Gasteiger charge is 2.13. The van der Waals surface area contributed by atoms with E-state index in [9.17, 15) is 9.90 Å². The molecule has 0 saturated carbocycles. The van der Waals surface area contributed by atoms with Gasteiger partial charge in [0.1, 0.15) is 5.75 Å². The average molecular weight is 390 g/mol. The normalized spacial score (nSPS) is 11.7. The Hall–Kier alpha value is -3.44. The van der Waals surface area contributed by atoms with Crippen LogP contribution in [0.15, 0.2) is 82.7 Å². The Bertz CT molecular complexity index is 1250. The van der Waals surface area contributed by atoms with Crippen molar-refractivity contribution < 1.29 is 5.11 Å². The number of hydrogen-bond acceptors (Lipinski definition) is 4. The van der Waals surface area contributed by atoms with Gasteiger partial charge in [0.05, 0.1) is 16.6 Å².